The number of ether oxygens (including phenoxy) is 1. The van der Waals surface area contributed by atoms with Gasteiger partial charge < -0.3 is 15.4 Å². The van der Waals surface area contributed by atoms with Gasteiger partial charge in [0.2, 0.25) is 5.88 Å². The van der Waals surface area contributed by atoms with E-state index in [1.54, 1.807) is 7.11 Å². The minimum atomic E-state index is 0.649. The lowest BCUT2D eigenvalue weighted by Gasteiger charge is -2.25. The number of aromatic nitrogens is 1. The van der Waals surface area contributed by atoms with Gasteiger partial charge in [-0.15, -0.1) is 0 Å². The molecule has 0 aliphatic heterocycles. The van der Waals surface area contributed by atoms with Crippen LogP contribution in [0.5, 0.6) is 5.88 Å². The summed E-state index contributed by atoms with van der Waals surface area (Å²) in [5.74, 6) is 3.25. The minimum absolute atomic E-state index is 0.649. The molecule has 4 nitrogen and oxygen atoms in total. The van der Waals surface area contributed by atoms with Crippen LogP contribution in [0.25, 0.3) is 0 Å². The fourth-order valence-corrected chi connectivity index (χ4v) is 2.28. The Morgan fingerprint density at radius 1 is 1.22 bits per heavy atom. The summed E-state index contributed by atoms with van der Waals surface area (Å²) in [7, 11) is 1.65. The van der Waals surface area contributed by atoms with E-state index in [0.717, 1.165) is 36.4 Å². The van der Waals surface area contributed by atoms with Gasteiger partial charge in [0.25, 0.3) is 0 Å². The highest BCUT2D eigenvalue weighted by Gasteiger charge is 2.30. The van der Waals surface area contributed by atoms with Crippen LogP contribution in [0.4, 0.5) is 11.5 Å². The molecule has 1 aromatic heterocycles. The Morgan fingerprint density at radius 3 is 2.33 bits per heavy atom. The summed E-state index contributed by atoms with van der Waals surface area (Å²) in [4.78, 5) is 6.90. The van der Waals surface area contributed by atoms with Crippen LogP contribution in [0.3, 0.4) is 0 Å². The van der Waals surface area contributed by atoms with Crippen molar-refractivity contribution in [1.82, 2.24) is 4.98 Å². The van der Waals surface area contributed by atoms with Crippen molar-refractivity contribution >= 4 is 11.5 Å². The van der Waals surface area contributed by atoms with Crippen molar-refractivity contribution in [3.63, 3.8) is 0 Å². The average molecular weight is 247 g/mol. The zero-order valence-electron chi connectivity index (χ0n) is 10.9. The first-order chi connectivity index (χ1) is 8.76. The normalized spacial score (nSPS) is 18.7. The van der Waals surface area contributed by atoms with Gasteiger partial charge in [0.15, 0.2) is 5.82 Å². The maximum absolute atomic E-state index is 6.08. The van der Waals surface area contributed by atoms with Gasteiger partial charge in [0.05, 0.1) is 12.8 Å². The predicted molar refractivity (Wildman–Crippen MR) is 72.9 cm³/mol. The molecule has 2 aliphatic rings. The number of hydrogen-bond donors (Lipinski definition) is 1. The molecule has 0 unspecified atom stereocenters. The first kappa shape index (κ1) is 11.6. The molecule has 2 saturated carbocycles. The molecular formula is C14H21N3O. The second kappa shape index (κ2) is 4.67. The highest BCUT2D eigenvalue weighted by atomic mass is 16.5. The van der Waals surface area contributed by atoms with Crippen LogP contribution < -0.4 is 15.4 Å². The smallest absolute Gasteiger partial charge is 0.215 e. The summed E-state index contributed by atoms with van der Waals surface area (Å²) >= 11 is 0. The lowest BCUT2D eigenvalue weighted by Crippen LogP contribution is -2.29. The van der Waals surface area contributed by atoms with Crippen molar-refractivity contribution in [2.24, 2.45) is 11.8 Å². The van der Waals surface area contributed by atoms with Gasteiger partial charge in [-0.1, -0.05) is 0 Å². The third-order valence-electron chi connectivity index (χ3n) is 3.74. The maximum atomic E-state index is 6.08. The Balaban J connectivity index is 1.81. The van der Waals surface area contributed by atoms with Gasteiger partial charge in [-0.2, -0.15) is 4.98 Å². The predicted octanol–water partition coefficient (Wildman–Crippen LogP) is 2.30. The minimum Gasteiger partial charge on any atom is -0.481 e. The summed E-state index contributed by atoms with van der Waals surface area (Å²) in [6.07, 6.45) is 5.41. The molecule has 1 heterocycles. The van der Waals surface area contributed by atoms with E-state index in [4.69, 9.17) is 10.5 Å². The summed E-state index contributed by atoms with van der Waals surface area (Å²) in [6, 6.07) is 3.72. The van der Waals surface area contributed by atoms with Crippen molar-refractivity contribution in [2.45, 2.75) is 25.7 Å². The van der Waals surface area contributed by atoms with E-state index in [0.29, 0.717) is 5.88 Å². The van der Waals surface area contributed by atoms with Crippen LogP contribution in [-0.2, 0) is 0 Å². The molecule has 0 bridgehead atoms. The van der Waals surface area contributed by atoms with Gasteiger partial charge in [0, 0.05) is 19.2 Å². The zero-order chi connectivity index (χ0) is 12.5. The molecular weight excluding hydrogens is 226 g/mol. The summed E-state index contributed by atoms with van der Waals surface area (Å²) in [5.41, 5.74) is 6.84. The Labute approximate surface area is 108 Å². The Bertz CT molecular complexity index is 413. The van der Waals surface area contributed by atoms with Crippen LogP contribution in [-0.4, -0.2) is 25.2 Å². The van der Waals surface area contributed by atoms with Gasteiger partial charge >= 0.3 is 0 Å². The number of nitrogens with two attached hydrogens (primary N) is 1. The summed E-state index contributed by atoms with van der Waals surface area (Å²) in [6.45, 7) is 2.20. The van der Waals surface area contributed by atoms with Crippen LogP contribution in [0.1, 0.15) is 25.7 Å². The third kappa shape index (κ3) is 2.68. The number of anilines is 2. The van der Waals surface area contributed by atoms with Crippen LogP contribution >= 0.6 is 0 Å². The van der Waals surface area contributed by atoms with E-state index in [1.807, 2.05) is 12.1 Å². The molecule has 0 aromatic carbocycles. The quantitative estimate of drug-likeness (QED) is 0.838. The molecule has 2 N–H and O–H groups in total. The van der Waals surface area contributed by atoms with Crippen molar-refractivity contribution in [2.75, 3.05) is 30.8 Å². The van der Waals surface area contributed by atoms with E-state index in [1.165, 1.54) is 25.7 Å². The van der Waals surface area contributed by atoms with E-state index >= 15 is 0 Å². The molecule has 18 heavy (non-hydrogen) atoms. The second-order valence-electron chi connectivity index (χ2n) is 5.56. The van der Waals surface area contributed by atoms with Gasteiger partial charge in [-0.3, -0.25) is 0 Å². The molecule has 0 spiro atoms. The number of rotatable bonds is 6. The summed E-state index contributed by atoms with van der Waals surface area (Å²) in [5, 5.41) is 0. The zero-order valence-corrected chi connectivity index (χ0v) is 10.9. The van der Waals surface area contributed by atoms with E-state index in [2.05, 4.69) is 9.88 Å². The van der Waals surface area contributed by atoms with Crippen LogP contribution in [0.2, 0.25) is 0 Å². The SMILES string of the molecule is COc1ccc(N)c(N(CC2CC2)CC2CC2)n1. The molecule has 98 valence electrons. The van der Waals surface area contributed by atoms with E-state index in [-0.39, 0.29) is 0 Å². The molecule has 0 radical (unpaired) electrons. The molecule has 1 aromatic rings. The standard InChI is InChI=1S/C14H21N3O/c1-18-13-7-6-12(15)14(16-13)17(8-10-2-3-10)9-11-4-5-11/h6-7,10-11H,2-5,8-9,15H2,1H3. The fourth-order valence-electron chi connectivity index (χ4n) is 2.28. The highest BCUT2D eigenvalue weighted by molar-refractivity contribution is 5.63. The van der Waals surface area contributed by atoms with E-state index < -0.39 is 0 Å². The first-order valence-corrected chi connectivity index (χ1v) is 6.81. The first-order valence-electron chi connectivity index (χ1n) is 6.81. The molecule has 3 rings (SSSR count). The molecule has 2 aliphatic carbocycles. The van der Waals surface area contributed by atoms with Crippen LogP contribution in [0.15, 0.2) is 12.1 Å². The monoisotopic (exact) mass is 247 g/mol. The lowest BCUT2D eigenvalue weighted by molar-refractivity contribution is 0.398. The molecule has 2 fully saturated rings. The largest absolute Gasteiger partial charge is 0.481 e. The molecule has 0 saturated heterocycles. The van der Waals surface area contributed by atoms with Gasteiger partial charge in [-0.05, 0) is 43.6 Å². The number of methoxy groups -OCH3 is 1. The Morgan fingerprint density at radius 2 is 1.83 bits per heavy atom. The second-order valence-corrected chi connectivity index (χ2v) is 5.56. The highest BCUT2D eigenvalue weighted by Crippen LogP contribution is 2.37. The summed E-state index contributed by atoms with van der Waals surface area (Å²) < 4.78 is 5.21. The molecule has 0 atom stereocenters. The Hall–Kier alpha value is -1.45. The third-order valence-corrected chi connectivity index (χ3v) is 3.74. The Kier molecular flexibility index (Phi) is 3.02. The van der Waals surface area contributed by atoms with Crippen molar-refractivity contribution < 1.29 is 4.74 Å². The number of nitrogens with zero attached hydrogens (tertiary/aromatic N) is 2. The maximum Gasteiger partial charge on any atom is 0.215 e. The lowest BCUT2D eigenvalue weighted by atomic mass is 10.2. The molecule has 4 heteroatoms. The van der Waals surface area contributed by atoms with E-state index in [9.17, 15) is 0 Å². The average Bonchev–Trinajstić information content (AvgIpc) is 3.24. The van der Waals surface area contributed by atoms with Gasteiger partial charge in [0.1, 0.15) is 0 Å². The molecule has 0 amide bonds. The number of hydrogen-bond acceptors (Lipinski definition) is 4. The number of pyridine rings is 1. The van der Waals surface area contributed by atoms with Crippen molar-refractivity contribution in [3.8, 4) is 5.88 Å². The topological polar surface area (TPSA) is 51.4 Å². The van der Waals surface area contributed by atoms with Crippen molar-refractivity contribution in [1.29, 1.82) is 0 Å². The van der Waals surface area contributed by atoms with Crippen molar-refractivity contribution in [3.05, 3.63) is 12.1 Å². The van der Waals surface area contributed by atoms with Gasteiger partial charge in [-0.25, -0.2) is 0 Å². The fraction of sp³-hybridized carbons (Fsp3) is 0.643. The van der Waals surface area contributed by atoms with Crippen LogP contribution in [0, 0.1) is 11.8 Å². The number of nitrogen functional groups attached to an aromatic ring is 1.